The molecule has 1 amide bonds. The van der Waals surface area contributed by atoms with Crippen molar-refractivity contribution in [2.75, 3.05) is 24.5 Å². The molecule has 0 saturated carbocycles. The van der Waals surface area contributed by atoms with Crippen molar-refractivity contribution in [3.63, 3.8) is 0 Å². The highest BCUT2D eigenvalue weighted by Gasteiger charge is 2.28. The van der Waals surface area contributed by atoms with E-state index < -0.39 is 11.6 Å². The van der Waals surface area contributed by atoms with Gasteiger partial charge in [0.05, 0.1) is 0 Å². The number of hydrogen-bond acceptors (Lipinski definition) is 3. The van der Waals surface area contributed by atoms with Gasteiger partial charge in [0.2, 0.25) is 5.91 Å². The molecule has 1 fully saturated rings. The minimum atomic E-state index is -0.577. The molecule has 110 valence electrons. The Morgan fingerprint density at radius 2 is 2.15 bits per heavy atom. The van der Waals surface area contributed by atoms with E-state index in [9.17, 15) is 13.6 Å². The maximum absolute atomic E-state index is 13.7. The van der Waals surface area contributed by atoms with Gasteiger partial charge in [0.25, 0.3) is 0 Å². The topological polar surface area (TPSA) is 58.4 Å². The summed E-state index contributed by atoms with van der Waals surface area (Å²) in [4.78, 5) is 13.4. The van der Waals surface area contributed by atoms with E-state index in [0.717, 1.165) is 0 Å². The maximum atomic E-state index is 13.7. The van der Waals surface area contributed by atoms with Crippen LogP contribution in [0.4, 0.5) is 14.5 Å². The van der Waals surface area contributed by atoms with E-state index in [4.69, 9.17) is 5.73 Å². The average molecular weight is 283 g/mol. The first-order valence-corrected chi connectivity index (χ1v) is 6.72. The number of anilines is 1. The van der Waals surface area contributed by atoms with Crippen molar-refractivity contribution in [2.45, 2.75) is 19.4 Å². The summed E-state index contributed by atoms with van der Waals surface area (Å²) in [7, 11) is 0. The lowest BCUT2D eigenvalue weighted by Gasteiger charge is -2.20. The van der Waals surface area contributed by atoms with E-state index in [1.165, 1.54) is 18.2 Å². The number of benzene rings is 1. The van der Waals surface area contributed by atoms with Crippen LogP contribution in [0.5, 0.6) is 0 Å². The Bertz CT molecular complexity index is 475. The highest BCUT2D eigenvalue weighted by atomic mass is 19.1. The highest BCUT2D eigenvalue weighted by Crippen LogP contribution is 2.26. The molecule has 1 aromatic rings. The molecule has 1 aromatic carbocycles. The first-order valence-electron chi connectivity index (χ1n) is 6.72. The van der Waals surface area contributed by atoms with E-state index in [1.807, 2.05) is 0 Å². The van der Waals surface area contributed by atoms with Crippen molar-refractivity contribution in [1.29, 1.82) is 0 Å². The second-order valence-electron chi connectivity index (χ2n) is 5.15. The normalized spacial score (nSPS) is 20.0. The molecular formula is C14H19F2N3O. The van der Waals surface area contributed by atoms with Crippen LogP contribution in [-0.2, 0) is 4.79 Å². The lowest BCUT2D eigenvalue weighted by Crippen LogP contribution is -2.41. The Balaban J connectivity index is 2.01. The molecule has 3 N–H and O–H groups in total. The molecule has 0 radical (unpaired) electrons. The SMILES string of the molecule is CC(CN)C(=O)NC1CCN(c2c(F)cccc2F)C1. The number of hydrogen-bond donors (Lipinski definition) is 2. The molecule has 2 atom stereocenters. The monoisotopic (exact) mass is 283 g/mol. The van der Waals surface area contributed by atoms with Crippen molar-refractivity contribution in [2.24, 2.45) is 11.7 Å². The van der Waals surface area contributed by atoms with Crippen molar-refractivity contribution >= 4 is 11.6 Å². The predicted molar refractivity (Wildman–Crippen MR) is 73.3 cm³/mol. The lowest BCUT2D eigenvalue weighted by atomic mass is 10.1. The van der Waals surface area contributed by atoms with Crippen LogP contribution in [0.1, 0.15) is 13.3 Å². The van der Waals surface area contributed by atoms with E-state index in [2.05, 4.69) is 5.32 Å². The molecule has 0 spiro atoms. The molecule has 1 aliphatic rings. The van der Waals surface area contributed by atoms with E-state index in [0.29, 0.717) is 19.5 Å². The molecule has 0 bridgehead atoms. The van der Waals surface area contributed by atoms with Crippen molar-refractivity contribution in [1.82, 2.24) is 5.32 Å². The van der Waals surface area contributed by atoms with Crippen molar-refractivity contribution in [3.05, 3.63) is 29.8 Å². The van der Waals surface area contributed by atoms with Crippen molar-refractivity contribution in [3.8, 4) is 0 Å². The van der Waals surface area contributed by atoms with Crippen LogP contribution in [0.2, 0.25) is 0 Å². The molecular weight excluding hydrogens is 264 g/mol. The number of nitrogens with zero attached hydrogens (tertiary/aromatic N) is 1. The van der Waals surface area contributed by atoms with E-state index in [-0.39, 0.29) is 30.1 Å². The van der Waals surface area contributed by atoms with E-state index in [1.54, 1.807) is 11.8 Å². The summed E-state index contributed by atoms with van der Waals surface area (Å²) < 4.78 is 27.4. The third-order valence-corrected chi connectivity index (χ3v) is 3.59. The number of para-hydroxylation sites is 1. The number of nitrogens with one attached hydrogen (secondary N) is 1. The predicted octanol–water partition coefficient (Wildman–Crippen LogP) is 1.25. The van der Waals surface area contributed by atoms with Gasteiger partial charge in [0, 0.05) is 31.6 Å². The maximum Gasteiger partial charge on any atom is 0.224 e. The van der Waals surface area contributed by atoms with Crippen LogP contribution in [0, 0.1) is 17.6 Å². The van der Waals surface area contributed by atoms with E-state index >= 15 is 0 Å². The molecule has 1 saturated heterocycles. The number of halogens is 2. The number of carbonyl (C=O) groups excluding carboxylic acids is 1. The van der Waals surface area contributed by atoms with Gasteiger partial charge in [0.15, 0.2) is 0 Å². The smallest absolute Gasteiger partial charge is 0.224 e. The zero-order chi connectivity index (χ0) is 14.7. The largest absolute Gasteiger partial charge is 0.365 e. The van der Waals surface area contributed by atoms with Crippen LogP contribution in [0.25, 0.3) is 0 Å². The highest BCUT2D eigenvalue weighted by molar-refractivity contribution is 5.79. The molecule has 4 nitrogen and oxygen atoms in total. The Labute approximate surface area is 116 Å². The standard InChI is InChI=1S/C14H19F2N3O/c1-9(7-17)14(20)18-10-5-6-19(8-10)13-11(15)3-2-4-12(13)16/h2-4,9-10H,5-8,17H2,1H3,(H,18,20). The van der Waals surface area contributed by atoms with Gasteiger partial charge >= 0.3 is 0 Å². The fourth-order valence-electron chi connectivity index (χ4n) is 2.32. The van der Waals surface area contributed by atoms with Gasteiger partial charge in [-0.15, -0.1) is 0 Å². The molecule has 2 rings (SSSR count). The zero-order valence-electron chi connectivity index (χ0n) is 11.4. The van der Waals surface area contributed by atoms with Crippen LogP contribution < -0.4 is 16.0 Å². The van der Waals surface area contributed by atoms with Gasteiger partial charge in [-0.1, -0.05) is 13.0 Å². The molecule has 0 aliphatic carbocycles. The van der Waals surface area contributed by atoms with Gasteiger partial charge in [0.1, 0.15) is 17.3 Å². The minimum absolute atomic E-state index is 0.0175. The Morgan fingerprint density at radius 1 is 1.50 bits per heavy atom. The Kier molecular flexibility index (Phi) is 4.54. The molecule has 6 heteroatoms. The summed E-state index contributed by atoms with van der Waals surface area (Å²) >= 11 is 0. The second-order valence-corrected chi connectivity index (χ2v) is 5.15. The molecule has 0 aromatic heterocycles. The van der Waals surface area contributed by atoms with Gasteiger partial charge in [-0.25, -0.2) is 8.78 Å². The summed E-state index contributed by atoms with van der Waals surface area (Å²) in [5, 5.41) is 2.86. The third-order valence-electron chi connectivity index (χ3n) is 3.59. The lowest BCUT2D eigenvalue weighted by molar-refractivity contribution is -0.124. The molecule has 1 aliphatic heterocycles. The van der Waals surface area contributed by atoms with Crippen LogP contribution in [-0.4, -0.2) is 31.6 Å². The number of rotatable bonds is 4. The summed E-state index contributed by atoms with van der Waals surface area (Å²) in [6.45, 7) is 2.95. The number of amides is 1. The third kappa shape index (κ3) is 3.07. The fraction of sp³-hybridized carbons (Fsp3) is 0.500. The number of carbonyl (C=O) groups is 1. The van der Waals surface area contributed by atoms with Gasteiger partial charge in [-0.3, -0.25) is 4.79 Å². The first-order chi connectivity index (χ1) is 9.52. The quantitative estimate of drug-likeness (QED) is 0.874. The molecule has 1 heterocycles. The van der Waals surface area contributed by atoms with Crippen LogP contribution in [0.3, 0.4) is 0 Å². The first kappa shape index (κ1) is 14.7. The Hall–Kier alpha value is -1.69. The zero-order valence-corrected chi connectivity index (χ0v) is 11.4. The van der Waals surface area contributed by atoms with Crippen LogP contribution >= 0.6 is 0 Å². The summed E-state index contributed by atoms with van der Waals surface area (Å²) in [5.74, 6) is -1.53. The Morgan fingerprint density at radius 3 is 2.75 bits per heavy atom. The average Bonchev–Trinajstić information content (AvgIpc) is 2.85. The molecule has 20 heavy (non-hydrogen) atoms. The fourth-order valence-corrected chi connectivity index (χ4v) is 2.32. The summed E-state index contributed by atoms with van der Waals surface area (Å²) in [5.41, 5.74) is 5.42. The van der Waals surface area contributed by atoms with Crippen molar-refractivity contribution < 1.29 is 13.6 Å². The second kappa shape index (κ2) is 6.17. The van der Waals surface area contributed by atoms with Gasteiger partial charge in [-0.2, -0.15) is 0 Å². The summed E-state index contributed by atoms with van der Waals surface area (Å²) in [6.07, 6.45) is 0.663. The number of nitrogens with two attached hydrogens (primary N) is 1. The molecule has 2 unspecified atom stereocenters. The summed E-state index contributed by atoms with van der Waals surface area (Å²) in [6, 6.07) is 3.71. The van der Waals surface area contributed by atoms with Gasteiger partial charge < -0.3 is 16.0 Å². The van der Waals surface area contributed by atoms with Gasteiger partial charge in [-0.05, 0) is 18.6 Å². The van der Waals surface area contributed by atoms with Crippen LogP contribution in [0.15, 0.2) is 18.2 Å². The minimum Gasteiger partial charge on any atom is -0.365 e.